The van der Waals surface area contributed by atoms with Crippen molar-refractivity contribution >= 4 is 29.0 Å². The molecular formula is C13H18N2O2S. The number of hydrogen-bond donors (Lipinski definition) is 2. The highest BCUT2D eigenvalue weighted by atomic mass is 32.1. The maximum atomic E-state index is 11.6. The number of nitrogens with two attached hydrogens (primary N) is 1. The lowest BCUT2D eigenvalue weighted by molar-refractivity contribution is 0.147. The molecule has 0 aliphatic heterocycles. The van der Waals surface area contributed by atoms with Crippen LogP contribution in [0.3, 0.4) is 0 Å². The standard InChI is InChI=1S/C13H18N2O2S/c1-8(2)7-17-13(16)15-10-6-4-5-9(3)11(10)12(14)18/h4-6,8H,7H2,1-3H3,(H2,14,18)(H,15,16). The first-order valence-electron chi connectivity index (χ1n) is 5.75. The van der Waals surface area contributed by atoms with Crippen molar-refractivity contribution in [1.82, 2.24) is 0 Å². The number of nitrogens with one attached hydrogen (secondary N) is 1. The quantitative estimate of drug-likeness (QED) is 0.822. The second kappa shape index (κ2) is 6.35. The molecule has 0 aliphatic rings. The predicted octanol–water partition coefficient (Wildman–Crippen LogP) is 2.83. The zero-order chi connectivity index (χ0) is 13.7. The van der Waals surface area contributed by atoms with Crippen LogP contribution in [0.15, 0.2) is 18.2 Å². The van der Waals surface area contributed by atoms with Gasteiger partial charge >= 0.3 is 6.09 Å². The summed E-state index contributed by atoms with van der Waals surface area (Å²) in [5.74, 6) is 0.295. The van der Waals surface area contributed by atoms with Crippen LogP contribution in [-0.2, 0) is 4.74 Å². The third-order valence-electron chi connectivity index (χ3n) is 2.30. The number of carbonyl (C=O) groups is 1. The van der Waals surface area contributed by atoms with E-state index in [0.29, 0.717) is 23.8 Å². The molecule has 0 saturated heterocycles. The number of aryl methyl sites for hydroxylation is 1. The zero-order valence-electron chi connectivity index (χ0n) is 10.8. The third-order valence-corrected chi connectivity index (χ3v) is 2.51. The van der Waals surface area contributed by atoms with Crippen molar-refractivity contribution in [2.75, 3.05) is 11.9 Å². The van der Waals surface area contributed by atoms with Gasteiger partial charge in [0, 0.05) is 5.56 Å². The van der Waals surface area contributed by atoms with E-state index < -0.39 is 6.09 Å². The maximum Gasteiger partial charge on any atom is 0.411 e. The molecule has 0 spiro atoms. The Morgan fingerprint density at radius 2 is 2.17 bits per heavy atom. The molecule has 0 radical (unpaired) electrons. The Morgan fingerprint density at radius 1 is 1.50 bits per heavy atom. The molecule has 0 unspecified atom stereocenters. The van der Waals surface area contributed by atoms with E-state index >= 15 is 0 Å². The summed E-state index contributed by atoms with van der Waals surface area (Å²) in [6.07, 6.45) is -0.494. The van der Waals surface area contributed by atoms with E-state index in [2.05, 4.69) is 5.32 Å². The van der Waals surface area contributed by atoms with Gasteiger partial charge in [-0.3, -0.25) is 5.32 Å². The van der Waals surface area contributed by atoms with Crippen LogP contribution >= 0.6 is 12.2 Å². The topological polar surface area (TPSA) is 64.3 Å². The van der Waals surface area contributed by atoms with Crippen LogP contribution in [0.25, 0.3) is 0 Å². The van der Waals surface area contributed by atoms with Gasteiger partial charge < -0.3 is 10.5 Å². The largest absolute Gasteiger partial charge is 0.449 e. The summed E-state index contributed by atoms with van der Waals surface area (Å²) in [6.45, 7) is 6.21. The average molecular weight is 266 g/mol. The number of rotatable bonds is 4. The van der Waals surface area contributed by atoms with Crippen LogP contribution in [-0.4, -0.2) is 17.7 Å². The van der Waals surface area contributed by atoms with Crippen molar-refractivity contribution in [3.63, 3.8) is 0 Å². The number of thiocarbonyl (C=S) groups is 1. The Labute approximate surface area is 113 Å². The Balaban J connectivity index is 2.81. The zero-order valence-corrected chi connectivity index (χ0v) is 11.6. The monoisotopic (exact) mass is 266 g/mol. The molecule has 1 rings (SSSR count). The molecule has 1 amide bonds. The minimum absolute atomic E-state index is 0.257. The molecule has 0 bridgehead atoms. The molecule has 98 valence electrons. The molecule has 0 aromatic heterocycles. The molecule has 0 aliphatic carbocycles. The predicted molar refractivity (Wildman–Crippen MR) is 76.9 cm³/mol. The fourth-order valence-corrected chi connectivity index (χ4v) is 1.76. The van der Waals surface area contributed by atoms with Crippen LogP contribution in [0, 0.1) is 12.8 Å². The number of ether oxygens (including phenoxy) is 1. The summed E-state index contributed by atoms with van der Waals surface area (Å²) < 4.78 is 5.05. The molecule has 0 heterocycles. The lowest BCUT2D eigenvalue weighted by Gasteiger charge is -2.13. The summed E-state index contributed by atoms with van der Waals surface area (Å²) >= 11 is 4.98. The molecule has 3 N–H and O–H groups in total. The van der Waals surface area contributed by atoms with E-state index in [-0.39, 0.29) is 4.99 Å². The van der Waals surface area contributed by atoms with Crippen molar-refractivity contribution in [1.29, 1.82) is 0 Å². The van der Waals surface area contributed by atoms with E-state index in [1.807, 2.05) is 32.9 Å². The first-order valence-corrected chi connectivity index (χ1v) is 6.15. The fourth-order valence-electron chi connectivity index (χ4n) is 1.49. The second-order valence-corrected chi connectivity index (χ2v) is 4.92. The van der Waals surface area contributed by atoms with Gasteiger partial charge in [0.05, 0.1) is 12.3 Å². The van der Waals surface area contributed by atoms with Crippen LogP contribution in [0.2, 0.25) is 0 Å². The summed E-state index contributed by atoms with van der Waals surface area (Å²) in [6, 6.07) is 5.46. The van der Waals surface area contributed by atoms with E-state index in [9.17, 15) is 4.79 Å². The molecule has 1 aromatic carbocycles. The van der Waals surface area contributed by atoms with Crippen molar-refractivity contribution in [3.05, 3.63) is 29.3 Å². The van der Waals surface area contributed by atoms with Gasteiger partial charge in [0.25, 0.3) is 0 Å². The minimum Gasteiger partial charge on any atom is -0.449 e. The van der Waals surface area contributed by atoms with Gasteiger partial charge in [0.15, 0.2) is 0 Å². The van der Waals surface area contributed by atoms with Gasteiger partial charge in [-0.25, -0.2) is 4.79 Å². The Kier molecular flexibility index (Phi) is 5.09. The highest BCUT2D eigenvalue weighted by Gasteiger charge is 2.11. The van der Waals surface area contributed by atoms with Crippen LogP contribution in [0.4, 0.5) is 10.5 Å². The molecule has 5 heteroatoms. The lowest BCUT2D eigenvalue weighted by atomic mass is 10.1. The Morgan fingerprint density at radius 3 is 2.72 bits per heavy atom. The summed E-state index contributed by atoms with van der Waals surface area (Å²) in [7, 11) is 0. The summed E-state index contributed by atoms with van der Waals surface area (Å²) in [4.78, 5) is 11.8. The molecule has 1 aromatic rings. The van der Waals surface area contributed by atoms with Crippen LogP contribution < -0.4 is 11.1 Å². The van der Waals surface area contributed by atoms with E-state index in [4.69, 9.17) is 22.7 Å². The number of carbonyl (C=O) groups excluding carboxylic acids is 1. The average Bonchev–Trinajstić information content (AvgIpc) is 2.26. The molecule has 4 nitrogen and oxygen atoms in total. The van der Waals surface area contributed by atoms with Crippen LogP contribution in [0.5, 0.6) is 0 Å². The Hall–Kier alpha value is -1.62. The number of benzene rings is 1. The van der Waals surface area contributed by atoms with Crippen molar-refractivity contribution in [3.8, 4) is 0 Å². The molecule has 0 atom stereocenters. The highest BCUT2D eigenvalue weighted by molar-refractivity contribution is 7.80. The SMILES string of the molecule is Cc1cccc(NC(=O)OCC(C)C)c1C(N)=S. The van der Waals surface area contributed by atoms with Gasteiger partial charge in [-0.1, -0.05) is 38.2 Å². The molecule has 0 saturated carbocycles. The van der Waals surface area contributed by atoms with Gasteiger partial charge in [0.2, 0.25) is 0 Å². The summed E-state index contributed by atoms with van der Waals surface area (Å²) in [5, 5.41) is 2.66. The molecular weight excluding hydrogens is 248 g/mol. The first kappa shape index (κ1) is 14.4. The van der Waals surface area contributed by atoms with Crippen molar-refractivity contribution < 1.29 is 9.53 Å². The van der Waals surface area contributed by atoms with E-state index in [0.717, 1.165) is 5.56 Å². The third kappa shape index (κ3) is 4.00. The van der Waals surface area contributed by atoms with Crippen molar-refractivity contribution in [2.24, 2.45) is 11.7 Å². The number of anilines is 1. The van der Waals surface area contributed by atoms with Crippen molar-refractivity contribution in [2.45, 2.75) is 20.8 Å². The summed E-state index contributed by atoms with van der Waals surface area (Å²) in [5.41, 5.74) is 7.83. The van der Waals surface area contributed by atoms with Gasteiger partial charge in [-0.15, -0.1) is 0 Å². The minimum atomic E-state index is -0.494. The number of hydrogen-bond acceptors (Lipinski definition) is 3. The van der Waals surface area contributed by atoms with Crippen LogP contribution in [0.1, 0.15) is 25.0 Å². The fraction of sp³-hybridized carbons (Fsp3) is 0.385. The highest BCUT2D eigenvalue weighted by Crippen LogP contribution is 2.19. The maximum absolute atomic E-state index is 11.6. The molecule has 0 fully saturated rings. The molecule has 18 heavy (non-hydrogen) atoms. The van der Waals surface area contributed by atoms with Gasteiger partial charge in [-0.05, 0) is 24.5 Å². The first-order chi connectivity index (χ1) is 8.41. The Bertz CT molecular complexity index is 458. The normalized spacial score (nSPS) is 10.2. The van der Waals surface area contributed by atoms with E-state index in [1.54, 1.807) is 6.07 Å². The van der Waals surface area contributed by atoms with E-state index in [1.165, 1.54) is 0 Å². The van der Waals surface area contributed by atoms with Gasteiger partial charge in [-0.2, -0.15) is 0 Å². The second-order valence-electron chi connectivity index (χ2n) is 4.48. The lowest BCUT2D eigenvalue weighted by Crippen LogP contribution is -2.20. The van der Waals surface area contributed by atoms with Gasteiger partial charge in [0.1, 0.15) is 4.99 Å². The number of amides is 1. The smallest absolute Gasteiger partial charge is 0.411 e.